The molecule has 0 aromatic heterocycles. The molecule has 0 radical (unpaired) electrons. The molecule has 1 unspecified atom stereocenters. The second kappa shape index (κ2) is 20.8. The summed E-state index contributed by atoms with van der Waals surface area (Å²) in [7, 11) is 1.24. The first-order chi connectivity index (χ1) is 14.5. The van der Waals surface area contributed by atoms with Gasteiger partial charge in [0.25, 0.3) is 0 Å². The van der Waals surface area contributed by atoms with E-state index < -0.39 is 23.9 Å². The maximum Gasteiger partial charge on any atom is 0.322 e. The summed E-state index contributed by atoms with van der Waals surface area (Å²) in [4.78, 5) is 34.4. The van der Waals surface area contributed by atoms with Crippen molar-refractivity contribution in [3.8, 4) is 0 Å². The highest BCUT2D eigenvalue weighted by Crippen LogP contribution is 2.14. The number of ether oxygens (including phenoxy) is 2. The Bertz CT molecular complexity index is 453. The minimum absolute atomic E-state index is 0.0686. The van der Waals surface area contributed by atoms with E-state index in [0.717, 1.165) is 19.3 Å². The summed E-state index contributed by atoms with van der Waals surface area (Å²) in [6.45, 7) is 2.26. The summed E-state index contributed by atoms with van der Waals surface area (Å²) in [6.07, 6.45) is 19.3. The molecule has 0 aromatic rings. The van der Waals surface area contributed by atoms with Gasteiger partial charge in [-0.3, -0.25) is 14.4 Å². The van der Waals surface area contributed by atoms with Crippen LogP contribution in [-0.4, -0.2) is 31.1 Å². The van der Waals surface area contributed by atoms with Gasteiger partial charge in [-0.15, -0.1) is 0 Å². The third kappa shape index (κ3) is 18.6. The van der Waals surface area contributed by atoms with Crippen LogP contribution < -0.4 is 5.73 Å². The Labute approximate surface area is 183 Å². The Morgan fingerprint density at radius 1 is 0.667 bits per heavy atom. The van der Waals surface area contributed by atoms with Crippen molar-refractivity contribution >= 4 is 17.9 Å². The predicted octanol–water partition coefficient (Wildman–Crippen LogP) is 5.60. The molecule has 1 atom stereocenters. The fourth-order valence-corrected chi connectivity index (χ4v) is 3.41. The predicted molar refractivity (Wildman–Crippen MR) is 120 cm³/mol. The number of hydrogen-bond donors (Lipinski definition) is 1. The molecule has 0 fully saturated rings. The van der Waals surface area contributed by atoms with Gasteiger partial charge in [0.05, 0.1) is 7.11 Å². The monoisotopic (exact) mass is 427 g/mol. The van der Waals surface area contributed by atoms with Crippen molar-refractivity contribution in [1.29, 1.82) is 0 Å². The lowest BCUT2D eigenvalue weighted by Crippen LogP contribution is -2.32. The summed E-state index contributed by atoms with van der Waals surface area (Å²) < 4.78 is 9.23. The Hall–Kier alpha value is -1.43. The van der Waals surface area contributed by atoms with Crippen molar-refractivity contribution in [3.63, 3.8) is 0 Å². The van der Waals surface area contributed by atoms with Gasteiger partial charge in [0.15, 0.2) is 0 Å². The van der Waals surface area contributed by atoms with Crippen molar-refractivity contribution in [2.45, 2.75) is 129 Å². The van der Waals surface area contributed by atoms with Crippen LogP contribution in [-0.2, 0) is 23.9 Å². The second-order valence-electron chi connectivity index (χ2n) is 8.21. The van der Waals surface area contributed by atoms with Crippen molar-refractivity contribution in [2.75, 3.05) is 7.11 Å². The summed E-state index contributed by atoms with van der Waals surface area (Å²) in [6, 6.07) is -0.867. The van der Waals surface area contributed by atoms with Crippen molar-refractivity contribution in [1.82, 2.24) is 0 Å². The number of carbonyl (C=O) groups excluding carboxylic acids is 3. The van der Waals surface area contributed by atoms with E-state index in [1.807, 2.05) is 0 Å². The third-order valence-corrected chi connectivity index (χ3v) is 5.38. The molecule has 30 heavy (non-hydrogen) atoms. The van der Waals surface area contributed by atoms with Gasteiger partial charge in [0.2, 0.25) is 0 Å². The number of rotatable bonds is 20. The topological polar surface area (TPSA) is 95.7 Å². The van der Waals surface area contributed by atoms with Crippen LogP contribution >= 0.6 is 0 Å². The SMILES string of the molecule is CCCCCCCCCCCCCCCCCC(=O)OC(=O)CCC(N)C(=O)OC. The van der Waals surface area contributed by atoms with Crippen LogP contribution in [0.3, 0.4) is 0 Å². The standard InChI is InChI=1S/C24H45NO5/c1-3-4-5-6-7-8-9-10-11-12-13-14-15-16-17-18-22(26)30-23(27)20-19-21(25)24(28)29-2/h21H,3-20,25H2,1-2H3. The number of carbonyl (C=O) groups is 3. The van der Waals surface area contributed by atoms with Crippen LogP contribution in [0.25, 0.3) is 0 Å². The van der Waals surface area contributed by atoms with Crippen LogP contribution in [0, 0.1) is 0 Å². The second-order valence-corrected chi connectivity index (χ2v) is 8.21. The molecule has 0 aliphatic rings. The molecule has 0 saturated heterocycles. The van der Waals surface area contributed by atoms with Gasteiger partial charge in [0.1, 0.15) is 6.04 Å². The summed E-state index contributed by atoms with van der Waals surface area (Å²) >= 11 is 0. The van der Waals surface area contributed by atoms with Gasteiger partial charge in [-0.25, -0.2) is 0 Å². The van der Waals surface area contributed by atoms with Crippen LogP contribution in [0.2, 0.25) is 0 Å². The third-order valence-electron chi connectivity index (χ3n) is 5.38. The maximum atomic E-state index is 11.7. The lowest BCUT2D eigenvalue weighted by molar-refractivity contribution is -0.159. The molecule has 6 heteroatoms. The number of nitrogens with two attached hydrogens (primary N) is 1. The van der Waals surface area contributed by atoms with Gasteiger partial charge in [0, 0.05) is 12.8 Å². The van der Waals surface area contributed by atoms with Gasteiger partial charge in [-0.05, 0) is 12.8 Å². The van der Waals surface area contributed by atoms with E-state index in [2.05, 4.69) is 11.7 Å². The zero-order valence-electron chi connectivity index (χ0n) is 19.4. The molecule has 0 saturated carbocycles. The minimum Gasteiger partial charge on any atom is -0.468 e. The molecule has 2 N–H and O–H groups in total. The molecule has 0 heterocycles. The normalized spacial score (nSPS) is 11.8. The molecule has 176 valence electrons. The summed E-state index contributed by atoms with van der Waals surface area (Å²) in [5.74, 6) is -1.71. The summed E-state index contributed by atoms with van der Waals surface area (Å²) in [5.41, 5.74) is 5.54. The lowest BCUT2D eigenvalue weighted by Gasteiger charge is -2.08. The van der Waals surface area contributed by atoms with Crippen LogP contribution in [0.15, 0.2) is 0 Å². The molecular formula is C24H45NO5. The first-order valence-electron chi connectivity index (χ1n) is 12.1. The molecule has 0 aliphatic heterocycles. The Balaban J connectivity index is 3.39. The Kier molecular flexibility index (Phi) is 19.8. The quantitative estimate of drug-likeness (QED) is 0.154. The van der Waals surface area contributed by atoms with E-state index in [1.54, 1.807) is 0 Å². The average Bonchev–Trinajstić information content (AvgIpc) is 2.74. The van der Waals surface area contributed by atoms with Crippen LogP contribution in [0.5, 0.6) is 0 Å². The lowest BCUT2D eigenvalue weighted by atomic mass is 10.0. The molecule has 0 amide bonds. The van der Waals surface area contributed by atoms with E-state index in [0.29, 0.717) is 0 Å². The van der Waals surface area contributed by atoms with Crippen LogP contribution in [0.4, 0.5) is 0 Å². The van der Waals surface area contributed by atoms with Crippen molar-refractivity contribution < 1.29 is 23.9 Å². The molecule has 0 spiro atoms. The minimum atomic E-state index is -0.867. The van der Waals surface area contributed by atoms with Crippen molar-refractivity contribution in [3.05, 3.63) is 0 Å². The number of hydrogen-bond acceptors (Lipinski definition) is 6. The highest BCUT2D eigenvalue weighted by atomic mass is 16.6. The van der Waals surface area contributed by atoms with Gasteiger partial charge in [-0.2, -0.15) is 0 Å². The number of methoxy groups -OCH3 is 1. The zero-order valence-corrected chi connectivity index (χ0v) is 19.4. The van der Waals surface area contributed by atoms with E-state index in [-0.39, 0.29) is 19.3 Å². The first kappa shape index (κ1) is 28.6. The van der Waals surface area contributed by atoms with Crippen LogP contribution in [0.1, 0.15) is 122 Å². The number of unbranched alkanes of at least 4 members (excludes halogenated alkanes) is 14. The molecular weight excluding hydrogens is 382 g/mol. The smallest absolute Gasteiger partial charge is 0.322 e. The van der Waals surface area contributed by atoms with E-state index >= 15 is 0 Å². The highest BCUT2D eigenvalue weighted by Gasteiger charge is 2.17. The fraction of sp³-hybridized carbons (Fsp3) is 0.875. The fourth-order valence-electron chi connectivity index (χ4n) is 3.41. The van der Waals surface area contributed by atoms with Gasteiger partial charge >= 0.3 is 17.9 Å². The Morgan fingerprint density at radius 3 is 1.50 bits per heavy atom. The largest absolute Gasteiger partial charge is 0.468 e. The first-order valence-corrected chi connectivity index (χ1v) is 12.1. The molecule has 0 rings (SSSR count). The van der Waals surface area contributed by atoms with E-state index in [1.165, 1.54) is 84.2 Å². The number of esters is 3. The Morgan fingerprint density at radius 2 is 1.07 bits per heavy atom. The maximum absolute atomic E-state index is 11.7. The van der Waals surface area contributed by atoms with Crippen molar-refractivity contribution in [2.24, 2.45) is 5.73 Å². The molecule has 0 aliphatic carbocycles. The van der Waals surface area contributed by atoms with Gasteiger partial charge < -0.3 is 15.2 Å². The molecule has 0 aromatic carbocycles. The zero-order chi connectivity index (χ0) is 22.5. The van der Waals surface area contributed by atoms with E-state index in [9.17, 15) is 14.4 Å². The highest BCUT2D eigenvalue weighted by molar-refractivity contribution is 5.85. The van der Waals surface area contributed by atoms with E-state index in [4.69, 9.17) is 10.5 Å². The van der Waals surface area contributed by atoms with Gasteiger partial charge in [-0.1, -0.05) is 96.8 Å². The summed E-state index contributed by atoms with van der Waals surface area (Å²) in [5, 5.41) is 0. The average molecular weight is 428 g/mol. The molecule has 6 nitrogen and oxygen atoms in total. The molecule has 0 bridgehead atoms.